The van der Waals surface area contributed by atoms with Gasteiger partial charge in [0.2, 0.25) is 10.0 Å². The van der Waals surface area contributed by atoms with Crippen molar-refractivity contribution < 1.29 is 23.1 Å². The molecule has 0 radical (unpaired) electrons. The van der Waals surface area contributed by atoms with Crippen molar-refractivity contribution >= 4 is 16.0 Å². The Morgan fingerprint density at radius 2 is 1.85 bits per heavy atom. The van der Waals surface area contributed by atoms with Crippen LogP contribution in [0.2, 0.25) is 0 Å². The Bertz CT molecular complexity index is 1030. The number of hydrogen-bond acceptors (Lipinski definition) is 5. The van der Waals surface area contributed by atoms with Crippen molar-refractivity contribution in [3.63, 3.8) is 0 Å². The monoisotopic (exact) mass is 488 g/mol. The number of piperidine rings is 1. The molecule has 1 heterocycles. The van der Waals surface area contributed by atoms with E-state index < -0.39 is 22.0 Å². The van der Waals surface area contributed by atoms with Gasteiger partial charge >= 0.3 is 5.97 Å². The van der Waals surface area contributed by atoms with E-state index in [0.717, 1.165) is 30.1 Å². The lowest BCUT2D eigenvalue weighted by Gasteiger charge is -2.28. The highest BCUT2D eigenvalue weighted by Crippen LogP contribution is 2.22. The number of aliphatic carboxylic acids is 1. The molecule has 0 aliphatic carbocycles. The second kappa shape index (κ2) is 12.3. The third-order valence-electron chi connectivity index (χ3n) is 6.37. The molecule has 1 fully saturated rings. The summed E-state index contributed by atoms with van der Waals surface area (Å²) in [7, 11) is -1.76. The SMILES string of the molecule is Cc1cccc(S(=O)(=O)N[C@H](Cc2ccc(OCCCCC3CCN(C)CC3)cc2)C(=O)O)c1. The topological polar surface area (TPSA) is 95.9 Å². The molecule has 1 aliphatic heterocycles. The molecule has 7 nitrogen and oxygen atoms in total. The Hall–Kier alpha value is -2.42. The maximum atomic E-state index is 12.6. The van der Waals surface area contributed by atoms with Crippen molar-refractivity contribution in [3.8, 4) is 5.75 Å². The largest absolute Gasteiger partial charge is 0.494 e. The van der Waals surface area contributed by atoms with Gasteiger partial charge in [0.05, 0.1) is 11.5 Å². The molecular formula is C26H36N2O5S. The van der Waals surface area contributed by atoms with Gasteiger partial charge in [-0.05, 0) is 100 Å². The van der Waals surface area contributed by atoms with Gasteiger partial charge in [0.25, 0.3) is 0 Å². The van der Waals surface area contributed by atoms with Gasteiger partial charge in [0, 0.05) is 0 Å². The molecular weight excluding hydrogens is 452 g/mol. The molecule has 0 aromatic heterocycles. The Labute approximate surface area is 203 Å². The first kappa shape index (κ1) is 26.2. The number of nitrogens with zero attached hydrogens (tertiary/aromatic N) is 1. The van der Waals surface area contributed by atoms with Crippen LogP contribution < -0.4 is 9.46 Å². The first-order valence-electron chi connectivity index (χ1n) is 11.9. The van der Waals surface area contributed by atoms with E-state index in [1.807, 2.05) is 0 Å². The zero-order chi connectivity index (χ0) is 24.6. The van der Waals surface area contributed by atoms with Gasteiger partial charge in [0.15, 0.2) is 0 Å². The molecule has 0 spiro atoms. The Morgan fingerprint density at radius 3 is 2.50 bits per heavy atom. The highest BCUT2D eigenvalue weighted by atomic mass is 32.2. The average Bonchev–Trinajstić information content (AvgIpc) is 2.80. The summed E-state index contributed by atoms with van der Waals surface area (Å²) < 4.78 is 33.4. The molecule has 2 aromatic rings. The van der Waals surface area contributed by atoms with Gasteiger partial charge in [-0.25, -0.2) is 8.42 Å². The van der Waals surface area contributed by atoms with Crippen LogP contribution in [0.25, 0.3) is 0 Å². The summed E-state index contributed by atoms with van der Waals surface area (Å²) in [4.78, 5) is 14.2. The lowest BCUT2D eigenvalue weighted by Crippen LogP contribution is -2.42. The van der Waals surface area contributed by atoms with Crippen LogP contribution in [0, 0.1) is 12.8 Å². The molecule has 1 aliphatic rings. The summed E-state index contributed by atoms with van der Waals surface area (Å²) in [6, 6.07) is 12.3. The van der Waals surface area contributed by atoms with Crippen LogP contribution in [-0.4, -0.2) is 57.2 Å². The van der Waals surface area contributed by atoms with Crippen LogP contribution >= 0.6 is 0 Å². The highest BCUT2D eigenvalue weighted by molar-refractivity contribution is 7.89. The number of sulfonamides is 1. The van der Waals surface area contributed by atoms with E-state index in [9.17, 15) is 18.3 Å². The summed E-state index contributed by atoms with van der Waals surface area (Å²) >= 11 is 0. The number of likely N-dealkylation sites (tertiary alicyclic amines) is 1. The molecule has 1 saturated heterocycles. The van der Waals surface area contributed by atoms with E-state index in [-0.39, 0.29) is 11.3 Å². The maximum absolute atomic E-state index is 12.6. The van der Waals surface area contributed by atoms with Crippen molar-refractivity contribution in [2.24, 2.45) is 5.92 Å². The standard InChI is InChI=1S/C26H36N2O5S/c1-20-6-5-8-24(18-20)34(31,32)27-25(26(29)30)19-22-9-11-23(12-10-22)33-17-4-3-7-21-13-15-28(2)16-14-21/h5-6,8-12,18,21,25,27H,3-4,7,13-17,19H2,1-2H3,(H,29,30)/t25-/m1/s1. The first-order chi connectivity index (χ1) is 16.2. The van der Waals surface area contributed by atoms with E-state index >= 15 is 0 Å². The minimum atomic E-state index is -3.94. The highest BCUT2D eigenvalue weighted by Gasteiger charge is 2.25. The number of nitrogens with one attached hydrogen (secondary N) is 1. The molecule has 0 saturated carbocycles. The molecule has 8 heteroatoms. The number of rotatable bonds is 12. The van der Waals surface area contributed by atoms with E-state index in [0.29, 0.717) is 12.2 Å². The van der Waals surface area contributed by atoms with Gasteiger partial charge in [-0.2, -0.15) is 4.72 Å². The second-order valence-electron chi connectivity index (χ2n) is 9.27. The summed E-state index contributed by atoms with van der Waals surface area (Å²) in [5.74, 6) is 0.345. The second-order valence-corrected chi connectivity index (χ2v) is 11.0. The fourth-order valence-corrected chi connectivity index (χ4v) is 5.54. The van der Waals surface area contributed by atoms with Gasteiger partial charge in [-0.3, -0.25) is 4.79 Å². The van der Waals surface area contributed by atoms with E-state index in [4.69, 9.17) is 4.74 Å². The minimum Gasteiger partial charge on any atom is -0.494 e. The number of carboxylic acid groups (broad SMARTS) is 1. The first-order valence-corrected chi connectivity index (χ1v) is 13.4. The van der Waals surface area contributed by atoms with Gasteiger partial charge < -0.3 is 14.7 Å². The van der Waals surface area contributed by atoms with Crippen LogP contribution in [-0.2, 0) is 21.2 Å². The predicted octanol–water partition coefficient (Wildman–Crippen LogP) is 3.86. The summed E-state index contributed by atoms with van der Waals surface area (Å²) in [6.07, 6.45) is 6.04. The summed E-state index contributed by atoms with van der Waals surface area (Å²) in [5, 5.41) is 9.57. The number of aryl methyl sites for hydroxylation is 1. The number of hydrogen-bond donors (Lipinski definition) is 2. The molecule has 0 bridgehead atoms. The van der Waals surface area contributed by atoms with Gasteiger partial charge in [0.1, 0.15) is 11.8 Å². The van der Waals surface area contributed by atoms with Gasteiger partial charge in [-0.15, -0.1) is 0 Å². The van der Waals surface area contributed by atoms with Crippen molar-refractivity contribution in [1.29, 1.82) is 0 Å². The number of ether oxygens (including phenoxy) is 1. The quantitative estimate of drug-likeness (QED) is 0.441. The molecule has 1 atom stereocenters. The predicted molar refractivity (Wildman–Crippen MR) is 133 cm³/mol. The number of unbranched alkanes of at least 4 members (excludes halogenated alkanes) is 1. The molecule has 186 valence electrons. The fraction of sp³-hybridized carbons (Fsp3) is 0.500. The third-order valence-corrected chi connectivity index (χ3v) is 7.84. The maximum Gasteiger partial charge on any atom is 0.322 e. The van der Waals surface area contributed by atoms with Crippen LogP contribution in [0.4, 0.5) is 0 Å². The van der Waals surface area contributed by atoms with Crippen molar-refractivity contribution in [2.75, 3.05) is 26.7 Å². The molecule has 0 amide bonds. The Kier molecular flexibility index (Phi) is 9.50. The van der Waals surface area contributed by atoms with Crippen LogP contribution in [0.3, 0.4) is 0 Å². The molecule has 2 aromatic carbocycles. The summed E-state index contributed by atoms with van der Waals surface area (Å²) in [5.41, 5.74) is 1.50. The van der Waals surface area contributed by atoms with Crippen LogP contribution in [0.15, 0.2) is 53.4 Å². The number of carbonyl (C=O) groups is 1. The van der Waals surface area contributed by atoms with Crippen LogP contribution in [0.5, 0.6) is 5.75 Å². The molecule has 2 N–H and O–H groups in total. The third kappa shape index (κ3) is 8.11. The minimum absolute atomic E-state index is 0.0389. The zero-order valence-electron chi connectivity index (χ0n) is 20.1. The normalized spacial score (nSPS) is 16.3. The van der Waals surface area contributed by atoms with Crippen molar-refractivity contribution in [2.45, 2.75) is 56.4 Å². The number of benzene rings is 2. The van der Waals surface area contributed by atoms with E-state index in [1.54, 1.807) is 43.3 Å². The van der Waals surface area contributed by atoms with E-state index in [1.165, 1.54) is 44.5 Å². The molecule has 34 heavy (non-hydrogen) atoms. The smallest absolute Gasteiger partial charge is 0.322 e. The fourth-order valence-electron chi connectivity index (χ4n) is 4.25. The average molecular weight is 489 g/mol. The number of carboxylic acids is 1. The zero-order valence-corrected chi connectivity index (χ0v) is 20.9. The van der Waals surface area contributed by atoms with Crippen molar-refractivity contribution in [1.82, 2.24) is 9.62 Å². The molecule has 0 unspecified atom stereocenters. The van der Waals surface area contributed by atoms with Gasteiger partial charge in [-0.1, -0.05) is 30.7 Å². The van der Waals surface area contributed by atoms with Crippen LogP contribution in [0.1, 0.15) is 43.2 Å². The lowest BCUT2D eigenvalue weighted by molar-refractivity contribution is -0.138. The lowest BCUT2D eigenvalue weighted by atomic mass is 9.92. The van der Waals surface area contributed by atoms with Crippen molar-refractivity contribution in [3.05, 3.63) is 59.7 Å². The Morgan fingerprint density at radius 1 is 1.15 bits per heavy atom. The summed E-state index contributed by atoms with van der Waals surface area (Å²) in [6.45, 7) is 4.83. The molecule has 3 rings (SSSR count). The Balaban J connectivity index is 1.46. The van der Waals surface area contributed by atoms with E-state index in [2.05, 4.69) is 16.7 Å².